The van der Waals surface area contributed by atoms with Gasteiger partial charge in [0, 0.05) is 27.8 Å². The molecule has 1 N–H and O–H groups in total. The van der Waals surface area contributed by atoms with Crippen LogP contribution in [0, 0.1) is 5.21 Å². The van der Waals surface area contributed by atoms with Crippen molar-refractivity contribution in [2.45, 2.75) is 0 Å². The van der Waals surface area contributed by atoms with E-state index in [-0.39, 0.29) is 0 Å². The number of nitrogens with one attached hydrogen (secondary N) is 1. The largest absolute Gasteiger partial charge is 0.761 e. The second kappa shape index (κ2) is 6.19. The number of anilines is 1. The highest BCUT2D eigenvalue weighted by Gasteiger charge is 2.11. The van der Waals surface area contributed by atoms with Crippen LogP contribution in [0.3, 0.4) is 0 Å². The van der Waals surface area contributed by atoms with Gasteiger partial charge in [-0.3, -0.25) is 0 Å². The maximum atomic E-state index is 10.6. The minimum atomic E-state index is 0.398. The highest BCUT2D eigenvalue weighted by molar-refractivity contribution is 7.03. The van der Waals surface area contributed by atoms with Crippen molar-refractivity contribution in [3.63, 3.8) is 0 Å². The minimum Gasteiger partial charge on any atom is -0.761 e. The molecule has 24 heavy (non-hydrogen) atoms. The van der Waals surface area contributed by atoms with Gasteiger partial charge in [-0.05, 0) is 35.8 Å². The van der Waals surface area contributed by atoms with Gasteiger partial charge < -0.3 is 15.2 Å². The number of hydrogen-bond acceptors (Lipinski definition) is 8. The molecule has 2 aromatic carbocycles. The van der Waals surface area contributed by atoms with E-state index in [2.05, 4.69) is 19.7 Å². The van der Waals surface area contributed by atoms with E-state index in [0.717, 1.165) is 22.4 Å². The monoisotopic (exact) mass is 336 g/mol. The summed E-state index contributed by atoms with van der Waals surface area (Å²) in [5, 5.41) is 20.5. The van der Waals surface area contributed by atoms with Gasteiger partial charge in [0.25, 0.3) is 5.89 Å². The third kappa shape index (κ3) is 2.75. The fourth-order valence-electron chi connectivity index (χ4n) is 2.22. The van der Waals surface area contributed by atoms with Gasteiger partial charge in [0.1, 0.15) is 5.69 Å². The van der Waals surface area contributed by atoms with Crippen LogP contribution in [-0.2, 0) is 0 Å². The Labute approximate surface area is 140 Å². The van der Waals surface area contributed by atoms with Crippen LogP contribution < -0.4 is 5.48 Å². The minimum absolute atomic E-state index is 0.398. The van der Waals surface area contributed by atoms with Crippen molar-refractivity contribution in [3.8, 4) is 34.1 Å². The second-order valence-corrected chi connectivity index (χ2v) is 5.58. The first-order chi connectivity index (χ1) is 11.8. The van der Waals surface area contributed by atoms with Gasteiger partial charge >= 0.3 is 0 Å². The zero-order valence-electron chi connectivity index (χ0n) is 12.2. The predicted octanol–water partition coefficient (Wildman–Crippen LogP) is 3.83. The molecule has 0 aliphatic heterocycles. The van der Waals surface area contributed by atoms with Crippen LogP contribution in [0.4, 0.5) is 5.69 Å². The number of rotatable bonds is 4. The molecule has 7 nitrogen and oxygen atoms in total. The van der Waals surface area contributed by atoms with E-state index < -0.39 is 0 Å². The molecule has 0 unspecified atom stereocenters. The van der Waals surface area contributed by atoms with E-state index in [9.17, 15) is 5.21 Å². The molecular weight excluding hydrogens is 326 g/mol. The zero-order valence-corrected chi connectivity index (χ0v) is 13.0. The van der Waals surface area contributed by atoms with Crippen LogP contribution in [-0.4, -0.2) is 19.7 Å². The summed E-state index contributed by atoms with van der Waals surface area (Å²) in [6.07, 6.45) is 0. The Morgan fingerprint density at radius 2 is 1.62 bits per heavy atom. The molecule has 0 fully saturated rings. The van der Waals surface area contributed by atoms with Crippen LogP contribution in [0.5, 0.6) is 0 Å². The number of benzene rings is 2. The van der Waals surface area contributed by atoms with Crippen LogP contribution in [0.15, 0.2) is 58.4 Å². The molecule has 0 saturated heterocycles. The molecule has 0 atom stereocenters. The molecule has 0 amide bonds. The molecule has 0 aliphatic rings. The molecule has 4 rings (SSSR count). The Morgan fingerprint density at radius 1 is 0.917 bits per heavy atom. The smallest absolute Gasteiger partial charge is 0.258 e. The van der Waals surface area contributed by atoms with Crippen molar-refractivity contribution < 1.29 is 4.52 Å². The molecule has 0 spiro atoms. The molecule has 2 aromatic heterocycles. The first kappa shape index (κ1) is 14.5. The zero-order chi connectivity index (χ0) is 16.4. The molecule has 118 valence electrons. The lowest BCUT2D eigenvalue weighted by atomic mass is 10.1. The molecule has 0 aliphatic carbocycles. The highest BCUT2D eigenvalue weighted by atomic mass is 32.1. The third-order valence-corrected chi connectivity index (χ3v) is 3.98. The lowest BCUT2D eigenvalue weighted by molar-refractivity contribution is 0.432. The van der Waals surface area contributed by atoms with Crippen molar-refractivity contribution >= 4 is 17.2 Å². The van der Waals surface area contributed by atoms with Crippen molar-refractivity contribution in [2.75, 3.05) is 5.48 Å². The second-order valence-electron chi connectivity index (χ2n) is 4.97. The Kier molecular flexibility index (Phi) is 3.73. The van der Waals surface area contributed by atoms with Crippen LogP contribution in [0.25, 0.3) is 34.1 Å². The van der Waals surface area contributed by atoms with Gasteiger partial charge in [-0.1, -0.05) is 33.9 Å². The van der Waals surface area contributed by atoms with E-state index in [4.69, 9.17) is 4.52 Å². The topological polar surface area (TPSA) is 99.8 Å². The van der Waals surface area contributed by atoms with Crippen molar-refractivity contribution in [2.24, 2.45) is 0 Å². The summed E-state index contributed by atoms with van der Waals surface area (Å²) in [4.78, 5) is 4.40. The summed E-state index contributed by atoms with van der Waals surface area (Å²) >= 11 is 1.31. The summed E-state index contributed by atoms with van der Waals surface area (Å²) in [5.74, 6) is 0.897. The molecule has 0 bridgehead atoms. The van der Waals surface area contributed by atoms with Gasteiger partial charge in [0.15, 0.2) is 0 Å². The average Bonchev–Trinajstić information content (AvgIpc) is 3.34. The van der Waals surface area contributed by atoms with Gasteiger partial charge in [0.05, 0.1) is 0 Å². The van der Waals surface area contributed by atoms with Crippen LogP contribution in [0.1, 0.15) is 0 Å². The first-order valence-corrected chi connectivity index (χ1v) is 7.87. The standard InChI is InChI=1S/C16H10N5O2S/c22-19-13-7-5-12(6-8-13)16-17-15(20-23-16)11-3-1-10(2-4-11)14-9-24-21-18-14/h1-9,19H/q-1. The fraction of sp³-hybridized carbons (Fsp3) is 0. The number of nitrogens with zero attached hydrogens (tertiary/aromatic N) is 4. The van der Waals surface area contributed by atoms with Crippen molar-refractivity contribution in [1.29, 1.82) is 0 Å². The Morgan fingerprint density at radius 3 is 2.29 bits per heavy atom. The van der Waals surface area contributed by atoms with E-state index in [1.807, 2.05) is 35.1 Å². The highest BCUT2D eigenvalue weighted by Crippen LogP contribution is 2.25. The number of aromatic nitrogens is 4. The molecule has 4 aromatic rings. The Bertz CT molecular complexity index is 934. The lowest BCUT2D eigenvalue weighted by Gasteiger charge is -2.08. The van der Waals surface area contributed by atoms with Crippen LogP contribution in [0.2, 0.25) is 0 Å². The summed E-state index contributed by atoms with van der Waals surface area (Å²) in [5.41, 5.74) is 5.72. The van der Waals surface area contributed by atoms with E-state index in [0.29, 0.717) is 17.4 Å². The van der Waals surface area contributed by atoms with Crippen molar-refractivity contribution in [1.82, 2.24) is 19.7 Å². The van der Waals surface area contributed by atoms with Gasteiger partial charge in [0.2, 0.25) is 5.82 Å². The van der Waals surface area contributed by atoms with Crippen LogP contribution >= 0.6 is 11.5 Å². The van der Waals surface area contributed by atoms with Gasteiger partial charge in [-0.2, -0.15) is 4.98 Å². The molecule has 0 saturated carbocycles. The average molecular weight is 336 g/mol. The van der Waals surface area contributed by atoms with Gasteiger partial charge in [-0.25, -0.2) is 0 Å². The summed E-state index contributed by atoms with van der Waals surface area (Å²) in [6, 6.07) is 14.5. The maximum Gasteiger partial charge on any atom is 0.258 e. The normalized spacial score (nSPS) is 10.7. The number of hydrogen-bond donors (Lipinski definition) is 1. The quantitative estimate of drug-likeness (QED) is 0.565. The Balaban J connectivity index is 1.60. The van der Waals surface area contributed by atoms with E-state index in [1.165, 1.54) is 11.5 Å². The first-order valence-electron chi connectivity index (χ1n) is 7.03. The molecule has 0 radical (unpaired) electrons. The lowest BCUT2D eigenvalue weighted by Crippen LogP contribution is -1.85. The van der Waals surface area contributed by atoms with Gasteiger partial charge in [-0.15, -0.1) is 5.10 Å². The summed E-state index contributed by atoms with van der Waals surface area (Å²) < 4.78 is 9.16. The molecule has 2 heterocycles. The summed E-state index contributed by atoms with van der Waals surface area (Å²) in [7, 11) is 0. The summed E-state index contributed by atoms with van der Waals surface area (Å²) in [6.45, 7) is 0. The predicted molar refractivity (Wildman–Crippen MR) is 91.1 cm³/mol. The molecule has 8 heteroatoms. The van der Waals surface area contributed by atoms with E-state index >= 15 is 0 Å². The third-order valence-electron chi connectivity index (χ3n) is 3.47. The fourth-order valence-corrected chi connectivity index (χ4v) is 2.68. The Hall–Kier alpha value is -3.10. The SMILES string of the molecule is [O-]Nc1ccc(-c2nc(-c3ccc(-c4csnn4)cc3)no2)cc1. The molecular formula is C16H10N5O2S-. The van der Waals surface area contributed by atoms with E-state index in [1.54, 1.807) is 24.3 Å². The maximum absolute atomic E-state index is 10.6. The van der Waals surface area contributed by atoms with Crippen molar-refractivity contribution in [3.05, 3.63) is 59.1 Å².